The molecular weight excluding hydrogens is 326 g/mol. The standard InChI is InChI=1S/C18H20BrNO/c1-18(2,16(21)13-19)20-17(14-9-5-3-6-10-14)15-11-7-4-8-12-15/h3-12,17,20H,13H2,1-2H3. The van der Waals surface area contributed by atoms with Gasteiger partial charge in [0.15, 0.2) is 5.78 Å². The van der Waals surface area contributed by atoms with Crippen LogP contribution in [0.4, 0.5) is 0 Å². The molecule has 0 aromatic heterocycles. The Labute approximate surface area is 134 Å². The fourth-order valence-electron chi connectivity index (χ4n) is 2.26. The molecule has 1 N–H and O–H groups in total. The molecule has 0 heterocycles. The number of carbonyl (C=O) groups excluding carboxylic acids is 1. The van der Waals surface area contributed by atoms with Gasteiger partial charge in [-0.15, -0.1) is 0 Å². The first-order valence-corrected chi connectivity index (χ1v) is 8.13. The molecule has 0 amide bonds. The minimum atomic E-state index is -0.597. The average molecular weight is 346 g/mol. The summed E-state index contributed by atoms with van der Waals surface area (Å²) in [6.07, 6.45) is 0. The first kappa shape index (κ1) is 15.9. The van der Waals surface area contributed by atoms with Gasteiger partial charge in [-0.3, -0.25) is 10.1 Å². The maximum atomic E-state index is 12.1. The third-order valence-corrected chi connectivity index (χ3v) is 4.10. The van der Waals surface area contributed by atoms with E-state index in [0.717, 1.165) is 11.1 Å². The van der Waals surface area contributed by atoms with Crippen molar-refractivity contribution in [3.63, 3.8) is 0 Å². The van der Waals surface area contributed by atoms with Crippen LogP contribution in [0.5, 0.6) is 0 Å². The molecule has 110 valence electrons. The summed E-state index contributed by atoms with van der Waals surface area (Å²) >= 11 is 3.26. The van der Waals surface area contributed by atoms with Crippen LogP contribution in [0.1, 0.15) is 31.0 Å². The number of halogens is 1. The van der Waals surface area contributed by atoms with E-state index in [0.29, 0.717) is 5.33 Å². The summed E-state index contributed by atoms with van der Waals surface area (Å²) in [5, 5.41) is 3.85. The van der Waals surface area contributed by atoms with Crippen LogP contribution in [0.3, 0.4) is 0 Å². The van der Waals surface area contributed by atoms with Gasteiger partial charge in [0, 0.05) is 0 Å². The van der Waals surface area contributed by atoms with Crippen molar-refractivity contribution in [2.24, 2.45) is 0 Å². The lowest BCUT2D eigenvalue weighted by Crippen LogP contribution is -2.49. The Morgan fingerprint density at radius 1 is 1.00 bits per heavy atom. The summed E-state index contributed by atoms with van der Waals surface area (Å²) in [5.41, 5.74) is 1.71. The molecule has 0 atom stereocenters. The molecule has 0 saturated heterocycles. The van der Waals surface area contributed by atoms with Crippen molar-refractivity contribution in [2.45, 2.75) is 25.4 Å². The Morgan fingerprint density at radius 3 is 1.81 bits per heavy atom. The second kappa shape index (κ2) is 7.01. The Balaban J connectivity index is 2.36. The number of benzene rings is 2. The Hall–Kier alpha value is -1.45. The summed E-state index contributed by atoms with van der Waals surface area (Å²) in [4.78, 5) is 12.1. The number of rotatable bonds is 6. The molecule has 3 heteroatoms. The number of alkyl halides is 1. The van der Waals surface area contributed by atoms with Crippen LogP contribution in [0.25, 0.3) is 0 Å². The summed E-state index contributed by atoms with van der Waals surface area (Å²) in [6, 6.07) is 20.4. The summed E-state index contributed by atoms with van der Waals surface area (Å²) < 4.78 is 0. The van der Waals surface area contributed by atoms with Crippen LogP contribution >= 0.6 is 15.9 Å². The van der Waals surface area contributed by atoms with Crippen molar-refractivity contribution >= 4 is 21.7 Å². The molecule has 0 fully saturated rings. The molecule has 0 unspecified atom stereocenters. The van der Waals surface area contributed by atoms with Gasteiger partial charge in [0.05, 0.1) is 16.9 Å². The molecule has 0 saturated carbocycles. The second-order valence-electron chi connectivity index (χ2n) is 5.58. The number of carbonyl (C=O) groups is 1. The highest BCUT2D eigenvalue weighted by molar-refractivity contribution is 9.09. The summed E-state index contributed by atoms with van der Waals surface area (Å²) in [7, 11) is 0. The van der Waals surface area contributed by atoms with Crippen LogP contribution in [0, 0.1) is 0 Å². The highest BCUT2D eigenvalue weighted by atomic mass is 79.9. The first-order chi connectivity index (χ1) is 10.0. The van der Waals surface area contributed by atoms with Gasteiger partial charge in [-0.05, 0) is 25.0 Å². The molecule has 0 aliphatic heterocycles. The van der Waals surface area contributed by atoms with Crippen LogP contribution in [-0.2, 0) is 4.79 Å². The number of hydrogen-bond donors (Lipinski definition) is 1. The highest BCUT2D eigenvalue weighted by Crippen LogP contribution is 2.25. The third kappa shape index (κ3) is 4.02. The molecule has 2 aromatic rings. The zero-order chi connectivity index (χ0) is 15.3. The van der Waals surface area contributed by atoms with E-state index < -0.39 is 5.54 Å². The molecule has 2 nitrogen and oxygen atoms in total. The van der Waals surface area contributed by atoms with Crippen molar-refractivity contribution in [2.75, 3.05) is 5.33 Å². The Morgan fingerprint density at radius 2 is 1.43 bits per heavy atom. The monoisotopic (exact) mass is 345 g/mol. The lowest BCUT2D eigenvalue weighted by molar-refractivity contribution is -0.121. The van der Waals surface area contributed by atoms with Gasteiger partial charge in [0.2, 0.25) is 0 Å². The van der Waals surface area contributed by atoms with E-state index in [4.69, 9.17) is 0 Å². The zero-order valence-electron chi connectivity index (χ0n) is 12.3. The SMILES string of the molecule is CC(C)(NC(c1ccccc1)c1ccccc1)C(=O)CBr. The molecule has 21 heavy (non-hydrogen) atoms. The van der Waals surface area contributed by atoms with Gasteiger partial charge in [0.1, 0.15) is 0 Å². The molecule has 0 aliphatic carbocycles. The largest absolute Gasteiger partial charge is 0.297 e. The second-order valence-corrected chi connectivity index (χ2v) is 6.14. The normalized spacial score (nSPS) is 11.6. The van der Waals surface area contributed by atoms with E-state index in [1.807, 2.05) is 50.2 Å². The van der Waals surface area contributed by atoms with Crippen LogP contribution in [0.2, 0.25) is 0 Å². The van der Waals surface area contributed by atoms with E-state index in [1.54, 1.807) is 0 Å². The number of hydrogen-bond acceptors (Lipinski definition) is 2. The van der Waals surface area contributed by atoms with Crippen molar-refractivity contribution in [3.8, 4) is 0 Å². The van der Waals surface area contributed by atoms with Gasteiger partial charge < -0.3 is 0 Å². The lowest BCUT2D eigenvalue weighted by atomic mass is 9.93. The minimum Gasteiger partial charge on any atom is -0.297 e. The predicted molar refractivity (Wildman–Crippen MR) is 90.7 cm³/mol. The maximum absolute atomic E-state index is 12.1. The minimum absolute atomic E-state index is 0.00889. The maximum Gasteiger partial charge on any atom is 0.162 e. The van der Waals surface area contributed by atoms with Crippen LogP contribution < -0.4 is 5.32 Å². The van der Waals surface area contributed by atoms with Gasteiger partial charge in [0.25, 0.3) is 0 Å². The smallest absolute Gasteiger partial charge is 0.162 e. The van der Waals surface area contributed by atoms with E-state index in [1.165, 1.54) is 0 Å². The van der Waals surface area contributed by atoms with E-state index in [-0.39, 0.29) is 11.8 Å². The predicted octanol–water partition coefficient (Wildman–Crippen LogP) is 4.11. The zero-order valence-corrected chi connectivity index (χ0v) is 13.9. The van der Waals surface area contributed by atoms with E-state index >= 15 is 0 Å². The van der Waals surface area contributed by atoms with Crippen LogP contribution in [0.15, 0.2) is 60.7 Å². The third-order valence-electron chi connectivity index (χ3n) is 3.59. The van der Waals surface area contributed by atoms with Gasteiger partial charge in [-0.1, -0.05) is 76.6 Å². The van der Waals surface area contributed by atoms with Gasteiger partial charge >= 0.3 is 0 Å². The van der Waals surface area contributed by atoms with Crippen molar-refractivity contribution in [3.05, 3.63) is 71.8 Å². The molecule has 0 aliphatic rings. The molecule has 0 bridgehead atoms. The fourth-order valence-corrected chi connectivity index (χ4v) is 2.96. The quantitative estimate of drug-likeness (QED) is 0.798. The lowest BCUT2D eigenvalue weighted by Gasteiger charge is -2.31. The molecular formula is C18H20BrNO. The molecule has 2 rings (SSSR count). The topological polar surface area (TPSA) is 29.1 Å². The van der Waals surface area contributed by atoms with E-state index in [2.05, 4.69) is 45.5 Å². The van der Waals surface area contributed by atoms with Crippen molar-refractivity contribution in [1.82, 2.24) is 5.32 Å². The highest BCUT2D eigenvalue weighted by Gasteiger charge is 2.30. The average Bonchev–Trinajstić information content (AvgIpc) is 2.53. The molecule has 0 spiro atoms. The fraction of sp³-hybridized carbons (Fsp3) is 0.278. The Kier molecular flexibility index (Phi) is 5.32. The van der Waals surface area contributed by atoms with E-state index in [9.17, 15) is 4.79 Å². The molecule has 2 aromatic carbocycles. The van der Waals surface area contributed by atoms with Gasteiger partial charge in [-0.25, -0.2) is 0 Å². The van der Waals surface area contributed by atoms with Crippen molar-refractivity contribution in [1.29, 1.82) is 0 Å². The number of ketones is 1. The summed E-state index contributed by atoms with van der Waals surface area (Å²) in [5.74, 6) is 0.138. The number of nitrogens with one attached hydrogen (secondary N) is 1. The first-order valence-electron chi connectivity index (χ1n) is 7.01. The Bertz CT molecular complexity index is 541. The van der Waals surface area contributed by atoms with Gasteiger partial charge in [-0.2, -0.15) is 0 Å². The van der Waals surface area contributed by atoms with Crippen molar-refractivity contribution < 1.29 is 4.79 Å². The number of Topliss-reactive ketones (excluding diaryl/α,β-unsaturated/α-hetero) is 1. The molecule has 0 radical (unpaired) electrons. The summed E-state index contributed by atoms with van der Waals surface area (Å²) in [6.45, 7) is 3.85. The van der Waals surface area contributed by atoms with Crippen LogP contribution in [-0.4, -0.2) is 16.7 Å².